The van der Waals surface area contributed by atoms with E-state index in [9.17, 15) is 4.89 Å². The lowest BCUT2D eigenvalue weighted by atomic mass is 10.4. The number of rotatable bonds is 0. The first kappa shape index (κ1) is 4.02. The van der Waals surface area contributed by atoms with Crippen molar-refractivity contribution in [2.24, 2.45) is 0 Å². The quantitative estimate of drug-likeness (QED) is 0.406. The van der Waals surface area contributed by atoms with E-state index >= 15 is 0 Å². The van der Waals surface area contributed by atoms with Gasteiger partial charge in [0, 0.05) is 6.42 Å². The summed E-state index contributed by atoms with van der Waals surface area (Å²) in [6.45, 7) is 0.807. The Bertz CT molecular complexity index is 141. The molecule has 0 aromatic carbocycles. The smallest absolute Gasteiger partial charge is 0.270 e. The van der Waals surface area contributed by atoms with Crippen molar-refractivity contribution >= 4 is 13.3 Å². The summed E-state index contributed by atoms with van der Waals surface area (Å²) >= 11 is 0. The second kappa shape index (κ2) is 1.08. The van der Waals surface area contributed by atoms with Crippen molar-refractivity contribution < 1.29 is 9.63 Å². The van der Waals surface area contributed by atoms with Gasteiger partial charge in [0.05, 0.1) is 6.61 Å². The first-order chi connectivity index (χ1) is 3.39. The minimum absolute atomic E-state index is 0.384. The van der Waals surface area contributed by atoms with Gasteiger partial charge in [-0.05, 0) is 0 Å². The highest BCUT2D eigenvalue weighted by atomic mass is 31.1. The third-order valence-corrected chi connectivity index (χ3v) is 3.01. The molecule has 2 unspecified atom stereocenters. The monoisotopic (exact) mass is 116 g/mol. The van der Waals surface area contributed by atoms with Crippen LogP contribution in [0, 0.1) is 0 Å². The highest BCUT2D eigenvalue weighted by Gasteiger charge is 2.50. The number of fused-ring (bicyclic) bond motifs is 1. The highest BCUT2D eigenvalue weighted by Crippen LogP contribution is 2.47. The Kier molecular flexibility index (Phi) is 0.620. The molecule has 0 spiro atoms. The number of hydrogen-bond acceptors (Lipinski definition) is 2. The Morgan fingerprint density at radius 1 is 1.86 bits per heavy atom. The van der Waals surface area contributed by atoms with Crippen LogP contribution in [0.1, 0.15) is 6.42 Å². The predicted molar refractivity (Wildman–Crippen MR) is 26.3 cm³/mol. The molecule has 0 aromatic heterocycles. The third-order valence-electron chi connectivity index (χ3n) is 1.36. The van der Waals surface area contributed by atoms with Crippen molar-refractivity contribution in [3.05, 3.63) is 0 Å². The van der Waals surface area contributed by atoms with Gasteiger partial charge in [0.15, 0.2) is 0 Å². The zero-order valence-electron chi connectivity index (χ0n) is 3.76. The second-order valence-electron chi connectivity index (χ2n) is 1.82. The first-order valence-corrected chi connectivity index (χ1v) is 3.68. The molecule has 2 rings (SSSR count). The second-order valence-corrected chi connectivity index (χ2v) is 3.53. The largest absolute Gasteiger partial charge is 0.628 e. The Morgan fingerprint density at radius 2 is 2.71 bits per heavy atom. The zero-order valence-corrected chi connectivity index (χ0v) is 4.65. The molecular formula is C4H5O2P. The van der Waals surface area contributed by atoms with Crippen LogP contribution in [0.25, 0.3) is 0 Å². The molecule has 7 heavy (non-hydrogen) atoms. The Labute approximate surface area is 42.6 Å². The van der Waals surface area contributed by atoms with E-state index in [-0.39, 0.29) is 0 Å². The van der Waals surface area contributed by atoms with Crippen LogP contribution in [-0.4, -0.2) is 17.7 Å². The summed E-state index contributed by atoms with van der Waals surface area (Å²) in [6, 6.07) is 0. The van der Waals surface area contributed by atoms with Crippen LogP contribution in [0.2, 0.25) is 0 Å². The zero-order chi connectivity index (χ0) is 4.85. The summed E-state index contributed by atoms with van der Waals surface area (Å²) < 4.78 is 4.97. The van der Waals surface area contributed by atoms with E-state index in [1.165, 1.54) is 0 Å². The third kappa shape index (κ3) is 0.394. The summed E-state index contributed by atoms with van der Waals surface area (Å²) in [5, 5.41) is 0. The molecule has 2 heterocycles. The van der Waals surface area contributed by atoms with Crippen molar-refractivity contribution in [2.45, 2.75) is 12.1 Å². The Morgan fingerprint density at radius 3 is 3.00 bits per heavy atom. The molecule has 1 fully saturated rings. The topological polar surface area (TPSA) is 32.3 Å². The van der Waals surface area contributed by atoms with Crippen LogP contribution in [0.5, 0.6) is 0 Å². The minimum atomic E-state index is -0.964. The molecular weight excluding hydrogens is 111 g/mol. The molecule has 3 heteroatoms. The van der Waals surface area contributed by atoms with Crippen molar-refractivity contribution in [3.8, 4) is 0 Å². The maximum absolute atomic E-state index is 10.5. The molecule has 0 amide bonds. The average Bonchev–Trinajstić information content (AvgIpc) is 2.26. The van der Waals surface area contributed by atoms with Crippen LogP contribution in [0.4, 0.5) is 0 Å². The van der Waals surface area contributed by atoms with Gasteiger partial charge >= 0.3 is 0 Å². The standard InChI is InChI=1S/C4H5O2P/c5-7-3-1-2-6-4(3)7/h3H,1-2H2. The van der Waals surface area contributed by atoms with Crippen LogP contribution >= 0.6 is 7.77 Å². The van der Waals surface area contributed by atoms with E-state index in [1.54, 1.807) is 0 Å². The fraction of sp³-hybridized carbons (Fsp3) is 0.750. The molecule has 0 bridgehead atoms. The molecule has 2 atom stereocenters. The van der Waals surface area contributed by atoms with Gasteiger partial charge in [0.2, 0.25) is 5.66 Å². The molecule has 38 valence electrons. The highest BCUT2D eigenvalue weighted by molar-refractivity contribution is 7.64. The molecule has 0 aromatic rings. The van der Waals surface area contributed by atoms with E-state index in [2.05, 4.69) is 0 Å². The molecule has 2 aliphatic heterocycles. The van der Waals surface area contributed by atoms with Gasteiger partial charge in [0.1, 0.15) is 7.77 Å². The molecule has 1 saturated heterocycles. The summed E-state index contributed by atoms with van der Waals surface area (Å²) in [7, 11) is -0.964. The van der Waals surface area contributed by atoms with Crippen LogP contribution in [-0.2, 0) is 4.74 Å². The van der Waals surface area contributed by atoms with E-state index < -0.39 is 7.77 Å². The van der Waals surface area contributed by atoms with E-state index in [1.807, 2.05) is 0 Å². The Balaban J connectivity index is 2.23. The summed E-state index contributed by atoms with van der Waals surface area (Å²) in [6.07, 6.45) is 1.00. The molecule has 0 radical (unpaired) electrons. The van der Waals surface area contributed by atoms with Gasteiger partial charge in [-0.2, -0.15) is 0 Å². The van der Waals surface area contributed by atoms with E-state index in [0.29, 0.717) is 5.66 Å². The summed E-state index contributed by atoms with van der Waals surface area (Å²) in [5.41, 5.74) is 1.27. The minimum Gasteiger partial charge on any atom is -0.628 e. The summed E-state index contributed by atoms with van der Waals surface area (Å²) in [5.74, 6) is 0. The maximum Gasteiger partial charge on any atom is 0.270 e. The van der Waals surface area contributed by atoms with Crippen molar-refractivity contribution in [1.29, 1.82) is 0 Å². The average molecular weight is 116 g/mol. The van der Waals surface area contributed by atoms with Gasteiger partial charge in [-0.25, -0.2) is 0 Å². The van der Waals surface area contributed by atoms with Crippen LogP contribution in [0.3, 0.4) is 0 Å². The van der Waals surface area contributed by atoms with Gasteiger partial charge in [0.25, 0.3) is 5.48 Å². The van der Waals surface area contributed by atoms with Crippen molar-refractivity contribution in [1.82, 2.24) is 0 Å². The Hall–Kier alpha value is 0.0900. The van der Waals surface area contributed by atoms with Gasteiger partial charge in [-0.1, -0.05) is 0 Å². The normalized spacial score (nSPS) is 41.6. The molecule has 0 aliphatic carbocycles. The lowest BCUT2D eigenvalue weighted by molar-refractivity contribution is -0.151. The number of hydrogen-bond donors (Lipinski definition) is 0. The van der Waals surface area contributed by atoms with E-state index in [4.69, 9.17) is 4.74 Å². The summed E-state index contributed by atoms with van der Waals surface area (Å²) in [4.78, 5) is 10.5. The molecule has 0 N–H and O–H groups in total. The fourth-order valence-corrected chi connectivity index (χ4v) is 2.18. The first-order valence-electron chi connectivity index (χ1n) is 2.35. The molecule has 0 saturated carbocycles. The van der Waals surface area contributed by atoms with E-state index in [0.717, 1.165) is 18.5 Å². The van der Waals surface area contributed by atoms with Crippen LogP contribution < -0.4 is 4.89 Å². The lowest BCUT2D eigenvalue weighted by Crippen LogP contribution is -1.87. The fourth-order valence-electron chi connectivity index (χ4n) is 0.874. The SMILES string of the molecule is [O-][P+]1=C2OCCC21. The van der Waals surface area contributed by atoms with Gasteiger partial charge < -0.3 is 9.63 Å². The van der Waals surface area contributed by atoms with Crippen LogP contribution in [0.15, 0.2) is 0 Å². The van der Waals surface area contributed by atoms with Gasteiger partial charge in [-0.15, -0.1) is 0 Å². The van der Waals surface area contributed by atoms with Gasteiger partial charge in [-0.3, -0.25) is 0 Å². The van der Waals surface area contributed by atoms with Crippen molar-refractivity contribution in [3.63, 3.8) is 0 Å². The lowest BCUT2D eigenvalue weighted by Gasteiger charge is -1.82. The van der Waals surface area contributed by atoms with Crippen molar-refractivity contribution in [2.75, 3.05) is 6.61 Å². The molecule has 2 aliphatic rings. The molecule has 2 nitrogen and oxygen atoms in total. The number of ether oxygens (including phenoxy) is 1. The maximum atomic E-state index is 10.5. The predicted octanol–water partition coefficient (Wildman–Crippen LogP) is -0.324.